The molecule has 98 valence electrons. The molecular formula is C17H30. The molecule has 2 rings (SSSR count). The van der Waals surface area contributed by atoms with Crippen molar-refractivity contribution in [2.45, 2.75) is 74.7 Å². The van der Waals surface area contributed by atoms with Crippen LogP contribution in [0.3, 0.4) is 0 Å². The smallest absolute Gasteiger partial charge is 0.00854 e. The highest BCUT2D eigenvalue weighted by atomic mass is 14.7. The van der Waals surface area contributed by atoms with Crippen LogP contribution in [0.4, 0.5) is 0 Å². The minimum Gasteiger partial charge on any atom is -0.0676 e. The predicted molar refractivity (Wildman–Crippen MR) is 76.0 cm³/mol. The van der Waals surface area contributed by atoms with Gasteiger partial charge in [-0.3, -0.25) is 0 Å². The van der Waals surface area contributed by atoms with Gasteiger partial charge in [-0.25, -0.2) is 0 Å². The summed E-state index contributed by atoms with van der Waals surface area (Å²) < 4.78 is 0. The van der Waals surface area contributed by atoms with Crippen molar-refractivity contribution < 1.29 is 0 Å². The Bertz CT molecular complexity index is 347. The van der Waals surface area contributed by atoms with Crippen molar-refractivity contribution in [3.8, 4) is 0 Å². The number of rotatable bonds is 0. The average Bonchev–Trinajstić information content (AvgIpc) is 2.55. The van der Waals surface area contributed by atoms with Crippen molar-refractivity contribution in [3.05, 3.63) is 11.1 Å². The Labute approximate surface area is 108 Å². The van der Waals surface area contributed by atoms with Gasteiger partial charge < -0.3 is 0 Å². The van der Waals surface area contributed by atoms with Gasteiger partial charge in [-0.05, 0) is 48.3 Å². The third kappa shape index (κ3) is 1.15. The lowest BCUT2D eigenvalue weighted by molar-refractivity contribution is -0.0824. The number of hydrogen-bond donors (Lipinski definition) is 0. The molecule has 17 heavy (non-hydrogen) atoms. The van der Waals surface area contributed by atoms with E-state index in [1.165, 1.54) is 19.3 Å². The summed E-state index contributed by atoms with van der Waals surface area (Å²) in [5.74, 6) is 0. The lowest BCUT2D eigenvalue weighted by Crippen LogP contribution is -2.56. The van der Waals surface area contributed by atoms with Gasteiger partial charge in [-0.2, -0.15) is 0 Å². The van der Waals surface area contributed by atoms with Gasteiger partial charge in [0.15, 0.2) is 0 Å². The van der Waals surface area contributed by atoms with Crippen molar-refractivity contribution in [1.82, 2.24) is 0 Å². The van der Waals surface area contributed by atoms with Crippen LogP contribution in [0.25, 0.3) is 0 Å². The molecule has 2 aliphatic rings. The highest BCUT2D eigenvalue weighted by Gasteiger charge is 2.65. The molecular weight excluding hydrogens is 204 g/mol. The molecule has 0 heteroatoms. The third-order valence-electron chi connectivity index (χ3n) is 7.77. The monoisotopic (exact) mass is 234 g/mol. The summed E-state index contributed by atoms with van der Waals surface area (Å²) in [7, 11) is 0. The van der Waals surface area contributed by atoms with E-state index in [4.69, 9.17) is 0 Å². The molecule has 0 aromatic carbocycles. The Morgan fingerprint density at radius 1 is 0.647 bits per heavy atom. The van der Waals surface area contributed by atoms with Crippen LogP contribution in [0.15, 0.2) is 11.1 Å². The van der Waals surface area contributed by atoms with Gasteiger partial charge in [-0.1, -0.05) is 59.1 Å². The fourth-order valence-corrected chi connectivity index (χ4v) is 5.12. The summed E-state index contributed by atoms with van der Waals surface area (Å²) >= 11 is 0. The molecule has 0 N–H and O–H groups in total. The quantitative estimate of drug-likeness (QED) is 0.480. The molecule has 2 unspecified atom stereocenters. The van der Waals surface area contributed by atoms with Gasteiger partial charge in [0.05, 0.1) is 0 Å². The van der Waals surface area contributed by atoms with E-state index in [2.05, 4.69) is 55.4 Å². The minimum absolute atomic E-state index is 0.345. The van der Waals surface area contributed by atoms with E-state index in [1.807, 2.05) is 0 Å². The Morgan fingerprint density at radius 2 is 0.941 bits per heavy atom. The van der Waals surface area contributed by atoms with Crippen LogP contribution in [-0.2, 0) is 0 Å². The third-order valence-corrected chi connectivity index (χ3v) is 7.77. The molecule has 0 aliphatic heterocycles. The number of fused-ring (bicyclic) bond motifs is 1. The second-order valence-electron chi connectivity index (χ2n) is 8.02. The first-order chi connectivity index (χ1) is 7.52. The van der Waals surface area contributed by atoms with Gasteiger partial charge in [-0.15, -0.1) is 0 Å². The van der Waals surface area contributed by atoms with E-state index in [1.54, 1.807) is 11.1 Å². The molecule has 0 spiro atoms. The zero-order chi connectivity index (χ0) is 13.3. The maximum Gasteiger partial charge on any atom is -0.00854 e. The van der Waals surface area contributed by atoms with Crippen LogP contribution < -0.4 is 0 Å². The Morgan fingerprint density at radius 3 is 1.24 bits per heavy atom. The van der Waals surface area contributed by atoms with Crippen LogP contribution in [0, 0.1) is 21.7 Å². The van der Waals surface area contributed by atoms with Crippen molar-refractivity contribution >= 4 is 0 Å². The standard InChI is InChI=1S/C17H30/c1-12-13(2)15(5,6)17(8)11-9-10-16(17,7)14(12,3)4/h9-11H2,1-8H3. The zero-order valence-electron chi connectivity index (χ0n) is 13.1. The van der Waals surface area contributed by atoms with Crippen LogP contribution in [0.2, 0.25) is 0 Å². The summed E-state index contributed by atoms with van der Waals surface area (Å²) in [6.07, 6.45) is 4.19. The van der Waals surface area contributed by atoms with Gasteiger partial charge in [0.25, 0.3) is 0 Å². The number of hydrogen-bond acceptors (Lipinski definition) is 0. The predicted octanol–water partition coefficient (Wildman–Crippen LogP) is 5.59. The first-order valence-electron chi connectivity index (χ1n) is 7.21. The lowest BCUT2D eigenvalue weighted by atomic mass is 9.40. The molecule has 0 aromatic heterocycles. The topological polar surface area (TPSA) is 0 Å². The summed E-state index contributed by atoms with van der Waals surface area (Å²) in [4.78, 5) is 0. The van der Waals surface area contributed by atoms with E-state index in [0.717, 1.165) is 0 Å². The van der Waals surface area contributed by atoms with Crippen molar-refractivity contribution in [2.24, 2.45) is 21.7 Å². The summed E-state index contributed by atoms with van der Waals surface area (Å²) in [5.41, 5.74) is 4.88. The van der Waals surface area contributed by atoms with Crippen LogP contribution in [0.5, 0.6) is 0 Å². The average molecular weight is 234 g/mol. The maximum absolute atomic E-state index is 2.55. The number of allylic oxidation sites excluding steroid dienone is 2. The first kappa shape index (κ1) is 13.2. The van der Waals surface area contributed by atoms with E-state index in [9.17, 15) is 0 Å². The highest BCUT2D eigenvalue weighted by Crippen LogP contribution is 2.74. The zero-order valence-corrected chi connectivity index (χ0v) is 13.1. The minimum atomic E-state index is 0.345. The molecule has 1 saturated carbocycles. The maximum atomic E-state index is 2.55. The first-order valence-corrected chi connectivity index (χ1v) is 7.21. The molecule has 0 amide bonds. The van der Waals surface area contributed by atoms with Crippen molar-refractivity contribution in [3.63, 3.8) is 0 Å². The summed E-state index contributed by atoms with van der Waals surface area (Å²) in [6.45, 7) is 19.8. The fourth-order valence-electron chi connectivity index (χ4n) is 5.12. The van der Waals surface area contributed by atoms with Gasteiger partial charge >= 0.3 is 0 Å². The molecule has 0 heterocycles. The molecule has 0 nitrogen and oxygen atoms in total. The van der Waals surface area contributed by atoms with Gasteiger partial charge in [0, 0.05) is 0 Å². The molecule has 0 saturated heterocycles. The SMILES string of the molecule is CC1=C(C)C(C)(C)C2(C)CCCC2(C)C1(C)C. The second-order valence-corrected chi connectivity index (χ2v) is 8.02. The summed E-state index contributed by atoms with van der Waals surface area (Å²) in [5, 5.41) is 0. The fraction of sp³-hybridized carbons (Fsp3) is 0.882. The van der Waals surface area contributed by atoms with Crippen LogP contribution in [0.1, 0.15) is 74.7 Å². The normalized spacial score (nSPS) is 43.8. The molecule has 0 bridgehead atoms. The van der Waals surface area contributed by atoms with E-state index >= 15 is 0 Å². The Balaban J connectivity index is 2.77. The lowest BCUT2D eigenvalue weighted by Gasteiger charge is -2.64. The molecule has 0 aromatic rings. The molecule has 2 atom stereocenters. The molecule has 2 aliphatic carbocycles. The Hall–Kier alpha value is -0.260. The van der Waals surface area contributed by atoms with E-state index < -0.39 is 0 Å². The van der Waals surface area contributed by atoms with E-state index in [0.29, 0.717) is 21.7 Å². The van der Waals surface area contributed by atoms with Crippen molar-refractivity contribution in [2.75, 3.05) is 0 Å². The summed E-state index contributed by atoms with van der Waals surface area (Å²) in [6, 6.07) is 0. The van der Waals surface area contributed by atoms with Crippen LogP contribution >= 0.6 is 0 Å². The second kappa shape index (κ2) is 3.19. The van der Waals surface area contributed by atoms with Crippen LogP contribution in [-0.4, -0.2) is 0 Å². The molecule has 0 radical (unpaired) electrons. The van der Waals surface area contributed by atoms with E-state index in [-0.39, 0.29) is 0 Å². The largest absolute Gasteiger partial charge is 0.0676 e. The van der Waals surface area contributed by atoms with Gasteiger partial charge in [0.2, 0.25) is 0 Å². The van der Waals surface area contributed by atoms with Gasteiger partial charge in [0.1, 0.15) is 0 Å². The Kier molecular flexibility index (Phi) is 2.47. The highest BCUT2D eigenvalue weighted by molar-refractivity contribution is 5.35. The van der Waals surface area contributed by atoms with Crippen molar-refractivity contribution in [1.29, 1.82) is 0 Å². The molecule has 1 fully saturated rings.